The van der Waals surface area contributed by atoms with Crippen LogP contribution in [0.25, 0.3) is 10.8 Å². The van der Waals surface area contributed by atoms with Crippen LogP contribution in [0.1, 0.15) is 31.7 Å². The molecule has 0 radical (unpaired) electrons. The van der Waals surface area contributed by atoms with E-state index in [9.17, 15) is 14.0 Å². The third-order valence-electron chi connectivity index (χ3n) is 6.12. The zero-order valence-electron chi connectivity index (χ0n) is 16.8. The maximum Gasteiger partial charge on any atom is 0.275 e. The number of benzene rings is 2. The molecule has 1 atom stereocenters. The Bertz CT molecular complexity index is 1200. The van der Waals surface area contributed by atoms with Crippen LogP contribution < -0.4 is 10.9 Å². The maximum atomic E-state index is 14.1. The number of rotatable bonds is 5. The lowest BCUT2D eigenvalue weighted by Crippen LogP contribution is -2.57. The number of anilines is 1. The molecule has 2 aliphatic rings. The van der Waals surface area contributed by atoms with Gasteiger partial charge >= 0.3 is 0 Å². The van der Waals surface area contributed by atoms with Crippen molar-refractivity contribution < 1.29 is 9.18 Å². The summed E-state index contributed by atoms with van der Waals surface area (Å²) in [6, 6.07) is 11.8. The molecule has 3 aromatic rings. The second-order valence-electron chi connectivity index (χ2n) is 8.28. The molecular weight excluding hydrogens is 383 g/mol. The first-order chi connectivity index (χ1) is 14.5. The Balaban J connectivity index is 1.75. The van der Waals surface area contributed by atoms with Crippen LogP contribution >= 0.6 is 0 Å². The van der Waals surface area contributed by atoms with Crippen molar-refractivity contribution in [2.24, 2.45) is 0 Å². The van der Waals surface area contributed by atoms with Crippen LogP contribution in [-0.4, -0.2) is 39.7 Å². The number of aromatic nitrogens is 2. The van der Waals surface area contributed by atoms with E-state index in [4.69, 9.17) is 0 Å². The number of hydrogen-bond acceptors (Lipinski definition) is 4. The third kappa shape index (κ3) is 2.96. The first-order valence-electron chi connectivity index (χ1n) is 10.3. The van der Waals surface area contributed by atoms with Gasteiger partial charge in [0.05, 0.1) is 11.6 Å². The molecule has 1 N–H and O–H groups in total. The molecule has 1 aromatic heterocycles. The van der Waals surface area contributed by atoms with E-state index in [0.29, 0.717) is 35.1 Å². The second kappa shape index (κ2) is 6.93. The highest BCUT2D eigenvalue weighted by atomic mass is 19.1. The van der Waals surface area contributed by atoms with Crippen molar-refractivity contribution in [1.82, 2.24) is 14.7 Å². The summed E-state index contributed by atoms with van der Waals surface area (Å²) in [6.07, 6.45) is 4.54. The van der Waals surface area contributed by atoms with Crippen molar-refractivity contribution in [2.75, 3.05) is 18.4 Å². The highest BCUT2D eigenvalue weighted by Gasteiger charge is 2.45. The molecule has 1 aliphatic carbocycles. The number of nitrogens with zero attached hydrogens (tertiary/aromatic N) is 3. The SMILES string of the molecule is CC(C(=O)N1CCC1)(c1ccc(F)cc1NC1CC1)n1ncc2ccccc2c1=O. The molecule has 7 heteroatoms. The van der Waals surface area contributed by atoms with Crippen LogP contribution in [0, 0.1) is 5.82 Å². The minimum Gasteiger partial charge on any atom is -0.382 e. The van der Waals surface area contributed by atoms with Crippen molar-refractivity contribution in [2.45, 2.75) is 37.8 Å². The molecule has 1 unspecified atom stereocenters. The highest BCUT2D eigenvalue weighted by Crippen LogP contribution is 2.37. The predicted molar refractivity (Wildman–Crippen MR) is 113 cm³/mol. The molecule has 1 amide bonds. The summed E-state index contributed by atoms with van der Waals surface area (Å²) >= 11 is 0. The molecule has 154 valence electrons. The van der Waals surface area contributed by atoms with Crippen molar-refractivity contribution in [1.29, 1.82) is 0 Å². The van der Waals surface area contributed by atoms with Crippen molar-refractivity contribution in [3.05, 3.63) is 70.4 Å². The van der Waals surface area contributed by atoms with E-state index in [1.807, 2.05) is 12.1 Å². The number of carbonyl (C=O) groups excluding carboxylic acids is 1. The van der Waals surface area contributed by atoms with Gasteiger partial charge < -0.3 is 10.2 Å². The van der Waals surface area contributed by atoms with E-state index in [1.165, 1.54) is 16.8 Å². The van der Waals surface area contributed by atoms with Gasteiger partial charge in [-0.25, -0.2) is 9.07 Å². The monoisotopic (exact) mass is 406 g/mol. The molecule has 0 spiro atoms. The molecule has 30 heavy (non-hydrogen) atoms. The first kappa shape index (κ1) is 18.8. The number of amides is 1. The lowest BCUT2D eigenvalue weighted by molar-refractivity contribution is -0.142. The fourth-order valence-corrected chi connectivity index (χ4v) is 4.06. The quantitative estimate of drug-likeness (QED) is 0.707. The second-order valence-corrected chi connectivity index (χ2v) is 8.28. The minimum atomic E-state index is -1.40. The number of halogens is 1. The van der Waals surface area contributed by atoms with Crippen LogP contribution in [0.3, 0.4) is 0 Å². The zero-order valence-corrected chi connectivity index (χ0v) is 16.8. The molecule has 5 rings (SSSR count). The lowest BCUT2D eigenvalue weighted by atomic mass is 9.87. The Morgan fingerprint density at radius 3 is 2.67 bits per heavy atom. The number of hydrogen-bond donors (Lipinski definition) is 1. The summed E-state index contributed by atoms with van der Waals surface area (Å²) in [7, 11) is 0. The van der Waals surface area contributed by atoms with Gasteiger partial charge in [-0.3, -0.25) is 9.59 Å². The fourth-order valence-electron chi connectivity index (χ4n) is 4.06. The summed E-state index contributed by atoms with van der Waals surface area (Å²) in [5, 5.41) is 8.95. The van der Waals surface area contributed by atoms with Gasteiger partial charge in [0.15, 0.2) is 5.54 Å². The van der Waals surface area contributed by atoms with Gasteiger partial charge in [-0.1, -0.05) is 24.3 Å². The molecule has 6 nitrogen and oxygen atoms in total. The number of carbonyl (C=O) groups is 1. The van der Waals surface area contributed by atoms with Gasteiger partial charge in [-0.05, 0) is 44.4 Å². The van der Waals surface area contributed by atoms with Crippen LogP contribution in [0.5, 0.6) is 0 Å². The topological polar surface area (TPSA) is 67.2 Å². The molecular formula is C23H23FN4O2. The summed E-state index contributed by atoms with van der Waals surface area (Å²) in [4.78, 5) is 28.8. The van der Waals surface area contributed by atoms with Crippen LogP contribution in [0.4, 0.5) is 10.1 Å². The summed E-state index contributed by atoms with van der Waals surface area (Å²) in [5.41, 5.74) is -0.647. The smallest absolute Gasteiger partial charge is 0.275 e. The highest BCUT2D eigenvalue weighted by molar-refractivity contribution is 5.91. The van der Waals surface area contributed by atoms with E-state index in [-0.39, 0.29) is 23.3 Å². The summed E-state index contributed by atoms with van der Waals surface area (Å²) < 4.78 is 15.4. The molecule has 1 saturated heterocycles. The van der Waals surface area contributed by atoms with Crippen LogP contribution in [0.2, 0.25) is 0 Å². The average Bonchev–Trinajstić information content (AvgIpc) is 3.51. The van der Waals surface area contributed by atoms with Gasteiger partial charge in [-0.2, -0.15) is 5.10 Å². The maximum absolute atomic E-state index is 14.1. The lowest BCUT2D eigenvalue weighted by Gasteiger charge is -2.40. The van der Waals surface area contributed by atoms with Crippen molar-refractivity contribution in [3.63, 3.8) is 0 Å². The van der Waals surface area contributed by atoms with E-state index in [0.717, 1.165) is 19.3 Å². The van der Waals surface area contributed by atoms with Crippen LogP contribution in [-0.2, 0) is 10.3 Å². The normalized spacial score (nSPS) is 18.0. The van der Waals surface area contributed by atoms with Gasteiger partial charge in [0.1, 0.15) is 5.82 Å². The Morgan fingerprint density at radius 2 is 1.97 bits per heavy atom. The molecule has 2 heterocycles. The number of likely N-dealkylation sites (tertiary alicyclic amines) is 1. The van der Waals surface area contributed by atoms with E-state index >= 15 is 0 Å². The molecule has 2 aromatic carbocycles. The minimum absolute atomic E-state index is 0.205. The average molecular weight is 406 g/mol. The largest absolute Gasteiger partial charge is 0.382 e. The Morgan fingerprint density at radius 1 is 1.20 bits per heavy atom. The molecule has 2 fully saturated rings. The molecule has 0 bridgehead atoms. The zero-order chi connectivity index (χ0) is 20.9. The van der Waals surface area contributed by atoms with Gasteiger partial charge in [-0.15, -0.1) is 0 Å². The standard InChI is InChI=1S/C23H23FN4O2/c1-23(22(30)27-11-4-12-27,19-10-7-16(24)13-20(19)26-17-8-9-17)28-21(29)18-6-3-2-5-15(18)14-25-28/h2-3,5-7,10,13-14,17,26H,4,8-9,11-12H2,1H3. The van der Waals surface area contributed by atoms with Crippen LogP contribution in [0.15, 0.2) is 53.5 Å². The van der Waals surface area contributed by atoms with E-state index < -0.39 is 5.54 Å². The van der Waals surface area contributed by atoms with E-state index in [1.54, 1.807) is 36.2 Å². The predicted octanol–water partition coefficient (Wildman–Crippen LogP) is 3.11. The van der Waals surface area contributed by atoms with Gasteiger partial charge in [0.25, 0.3) is 11.5 Å². The van der Waals surface area contributed by atoms with E-state index in [2.05, 4.69) is 10.4 Å². The van der Waals surface area contributed by atoms with Crippen molar-refractivity contribution >= 4 is 22.4 Å². The first-order valence-corrected chi connectivity index (χ1v) is 10.3. The Hall–Kier alpha value is -3.22. The number of fused-ring (bicyclic) bond motifs is 1. The number of nitrogens with one attached hydrogen (secondary N) is 1. The summed E-state index contributed by atoms with van der Waals surface area (Å²) in [5.74, 6) is -0.594. The Labute approximate surface area is 173 Å². The Kier molecular flexibility index (Phi) is 4.34. The summed E-state index contributed by atoms with van der Waals surface area (Å²) in [6.45, 7) is 2.99. The van der Waals surface area contributed by atoms with Crippen molar-refractivity contribution in [3.8, 4) is 0 Å². The van der Waals surface area contributed by atoms with Gasteiger partial charge in [0.2, 0.25) is 0 Å². The molecule has 1 saturated carbocycles. The fraction of sp³-hybridized carbons (Fsp3) is 0.348. The van der Waals surface area contributed by atoms with Gasteiger partial charge in [0, 0.05) is 35.8 Å². The molecule has 1 aliphatic heterocycles. The third-order valence-corrected chi connectivity index (χ3v) is 6.12.